The van der Waals surface area contributed by atoms with E-state index in [2.05, 4.69) is 135 Å². The van der Waals surface area contributed by atoms with Crippen LogP contribution in [0.25, 0.3) is 12.2 Å². The number of halogens is 2. The van der Waals surface area contributed by atoms with Crippen LogP contribution in [-0.2, 0) is 22.9 Å². The molecule has 0 radical (unpaired) electrons. The molecule has 41 heavy (non-hydrogen) atoms. The Balaban J connectivity index is 0.00000194. The van der Waals surface area contributed by atoms with Crippen LogP contribution in [0.15, 0.2) is 120 Å². The first kappa shape index (κ1) is 32.6. The maximum absolute atomic E-state index is 2.64. The standard InChI is InChI=1S/C21H16P.C15H20P.2ClH.Hf/c1-3-11-19(12-4-1)22(20-13-5-2-6-14-20)21-15-17-9-7-8-10-18(17)16-21;1-3-9-16(10-4-2)15-11-13-7-5-6-8-14(13)12-15;;;/h1-16H;5-8,11-12H,3-4,9-10H2,1-2H3;2*1H;/q;;;;+2/p-2. The van der Waals surface area contributed by atoms with Gasteiger partial charge in [-0.15, -0.1) is 0 Å². The molecule has 0 amide bonds. The van der Waals surface area contributed by atoms with Crippen molar-refractivity contribution in [3.63, 3.8) is 0 Å². The van der Waals surface area contributed by atoms with Gasteiger partial charge in [0.15, 0.2) is 0 Å². The molecule has 4 aromatic carbocycles. The van der Waals surface area contributed by atoms with Crippen molar-refractivity contribution in [2.75, 3.05) is 12.3 Å². The second kappa shape index (κ2) is 15.4. The number of fused-ring (bicyclic) bond motifs is 2. The first-order valence-corrected chi connectivity index (χ1v) is 21.5. The molecular formula is C36H36Cl2HfP2. The van der Waals surface area contributed by atoms with Gasteiger partial charge in [0.1, 0.15) is 0 Å². The molecule has 2 atom stereocenters. The fraction of sp³-hybridized carbons (Fsp3) is 0.222. The molecule has 0 bridgehead atoms. The van der Waals surface area contributed by atoms with Crippen molar-refractivity contribution in [2.24, 2.45) is 0 Å². The molecule has 0 heterocycles. The second-order valence-corrected chi connectivity index (χ2v) is 20.5. The van der Waals surface area contributed by atoms with Crippen molar-refractivity contribution in [3.05, 3.63) is 142 Å². The van der Waals surface area contributed by atoms with Gasteiger partial charge in [-0.3, -0.25) is 0 Å². The van der Waals surface area contributed by atoms with E-state index in [1.165, 1.54) is 46.9 Å². The molecule has 208 valence electrons. The van der Waals surface area contributed by atoms with Gasteiger partial charge in [-0.1, -0.05) is 0 Å². The molecule has 0 fully saturated rings. The number of allylic oxidation sites excluding steroid dienone is 2. The van der Waals surface area contributed by atoms with E-state index in [-0.39, 0.29) is 32.7 Å². The van der Waals surface area contributed by atoms with E-state index in [9.17, 15) is 0 Å². The fourth-order valence-corrected chi connectivity index (χ4v) is 22.0. The average molecular weight is 780 g/mol. The van der Waals surface area contributed by atoms with E-state index in [0.29, 0.717) is 7.35 Å². The van der Waals surface area contributed by atoms with Gasteiger partial charge < -0.3 is 24.8 Å². The summed E-state index contributed by atoms with van der Waals surface area (Å²) >= 11 is -1.28. The summed E-state index contributed by atoms with van der Waals surface area (Å²) in [6.45, 7) is 4.76. The summed E-state index contributed by atoms with van der Waals surface area (Å²) in [6, 6.07) is 41.4. The minimum Gasteiger partial charge on any atom is -1.00 e. The van der Waals surface area contributed by atoms with Gasteiger partial charge in [-0.05, 0) is 0 Å². The van der Waals surface area contributed by atoms with E-state index in [0.717, 1.165) is 0 Å². The van der Waals surface area contributed by atoms with E-state index < -0.39 is 30.8 Å². The maximum Gasteiger partial charge on any atom is -1.00 e. The summed E-state index contributed by atoms with van der Waals surface area (Å²) in [6.07, 6.45) is 10.6. The van der Waals surface area contributed by atoms with Crippen LogP contribution in [0, 0.1) is 0 Å². The van der Waals surface area contributed by atoms with Gasteiger partial charge in [-0.2, -0.15) is 0 Å². The minimum absolute atomic E-state index is 0. The zero-order chi connectivity index (χ0) is 26.6. The summed E-state index contributed by atoms with van der Waals surface area (Å²) in [7, 11) is -0.629. The number of rotatable bonds is 10. The molecule has 5 heteroatoms. The monoisotopic (exact) mass is 780 g/mol. The Morgan fingerprint density at radius 2 is 0.951 bits per heavy atom. The van der Waals surface area contributed by atoms with Gasteiger partial charge in [-0.25, -0.2) is 0 Å². The third kappa shape index (κ3) is 6.92. The molecule has 4 aromatic rings. The van der Waals surface area contributed by atoms with Crippen LogP contribution in [0.5, 0.6) is 0 Å². The van der Waals surface area contributed by atoms with Crippen molar-refractivity contribution in [3.8, 4) is 0 Å². The summed E-state index contributed by atoms with van der Waals surface area (Å²) in [5.41, 5.74) is 6.22. The Bertz CT molecular complexity index is 1440. The Labute approximate surface area is 272 Å². The molecular weight excluding hydrogens is 744 g/mol. The number of hydrogen-bond donors (Lipinski definition) is 0. The van der Waals surface area contributed by atoms with Gasteiger partial charge in [0.05, 0.1) is 0 Å². The van der Waals surface area contributed by atoms with Gasteiger partial charge in [0.25, 0.3) is 0 Å². The van der Waals surface area contributed by atoms with Crippen LogP contribution in [-0.4, -0.2) is 12.3 Å². The molecule has 2 aliphatic carbocycles. The van der Waals surface area contributed by atoms with E-state index in [4.69, 9.17) is 0 Å². The predicted molar refractivity (Wildman–Crippen MR) is 171 cm³/mol. The molecule has 0 nitrogen and oxygen atoms in total. The first-order chi connectivity index (χ1) is 19.3. The summed E-state index contributed by atoms with van der Waals surface area (Å²) < 4.78 is 1.32. The third-order valence-electron chi connectivity index (χ3n) is 7.78. The quantitative estimate of drug-likeness (QED) is 0.170. The van der Waals surface area contributed by atoms with Crippen LogP contribution in [0.3, 0.4) is 0 Å². The van der Waals surface area contributed by atoms with Crippen molar-refractivity contribution >= 4 is 38.6 Å². The van der Waals surface area contributed by atoms with Crippen molar-refractivity contribution < 1.29 is 47.7 Å². The Morgan fingerprint density at radius 1 is 0.537 bits per heavy atom. The van der Waals surface area contributed by atoms with E-state index in [1.54, 1.807) is 16.4 Å². The first-order valence-electron chi connectivity index (χ1n) is 14.3. The SMILES string of the molecule is CCCP(CCC)C1=Cc2ccccc2[CH]1[Hf+2][CH]1C(P(c2ccccc2)c2ccccc2)=Cc2ccccc21.[Cl-].[Cl-]. The molecule has 0 N–H and O–H groups in total. The Kier molecular flexibility index (Phi) is 12.2. The topological polar surface area (TPSA) is 0 Å². The zero-order valence-corrected chi connectivity index (χ0v) is 30.6. The summed E-state index contributed by atoms with van der Waals surface area (Å²) in [4.78, 5) is 0. The van der Waals surface area contributed by atoms with Crippen molar-refractivity contribution in [1.82, 2.24) is 0 Å². The van der Waals surface area contributed by atoms with Gasteiger partial charge in [0, 0.05) is 0 Å². The molecule has 6 rings (SSSR count). The second-order valence-electron chi connectivity index (χ2n) is 10.4. The van der Waals surface area contributed by atoms with E-state index >= 15 is 0 Å². The summed E-state index contributed by atoms with van der Waals surface area (Å²) in [5, 5.41) is 6.50. The molecule has 0 spiro atoms. The molecule has 0 saturated carbocycles. The van der Waals surface area contributed by atoms with Crippen LogP contribution in [0.4, 0.5) is 0 Å². The number of benzene rings is 4. The largest absolute Gasteiger partial charge is 1.00 e. The smallest absolute Gasteiger partial charge is 1.00 e. The average Bonchev–Trinajstić information content (AvgIpc) is 3.53. The zero-order valence-electron chi connectivity index (χ0n) is 23.7. The van der Waals surface area contributed by atoms with Gasteiger partial charge >= 0.3 is 250 Å². The van der Waals surface area contributed by atoms with Crippen LogP contribution >= 0.6 is 15.8 Å². The molecule has 0 saturated heterocycles. The Hall–Kier alpha value is -1.33. The third-order valence-corrected chi connectivity index (χ3v) is 22.0. The number of hydrogen-bond acceptors (Lipinski definition) is 0. The maximum atomic E-state index is 2.64. The predicted octanol–water partition coefficient (Wildman–Crippen LogP) is 3.70. The van der Waals surface area contributed by atoms with Crippen LogP contribution < -0.4 is 35.4 Å². The van der Waals surface area contributed by atoms with Crippen molar-refractivity contribution in [1.29, 1.82) is 0 Å². The molecule has 2 aliphatic rings. The Morgan fingerprint density at radius 3 is 1.44 bits per heavy atom. The molecule has 0 aromatic heterocycles. The summed E-state index contributed by atoms with van der Waals surface area (Å²) in [5.74, 6) is 0. The normalized spacial score (nSPS) is 16.7. The van der Waals surface area contributed by atoms with Crippen LogP contribution in [0.2, 0.25) is 0 Å². The van der Waals surface area contributed by atoms with Crippen molar-refractivity contribution in [2.45, 2.75) is 34.0 Å². The minimum atomic E-state index is -1.28. The van der Waals surface area contributed by atoms with Gasteiger partial charge in [0.2, 0.25) is 0 Å². The fourth-order valence-electron chi connectivity index (χ4n) is 6.11. The van der Waals surface area contributed by atoms with E-state index in [1.807, 2.05) is 5.31 Å². The van der Waals surface area contributed by atoms with Crippen LogP contribution in [0.1, 0.15) is 56.3 Å². The molecule has 0 aliphatic heterocycles. The molecule has 2 unspecified atom stereocenters.